The lowest BCUT2D eigenvalue weighted by Gasteiger charge is -2.18. The van der Waals surface area contributed by atoms with E-state index in [9.17, 15) is 13.2 Å². The SMILES string of the molecule is CC(C)(C)ONS(=O)(=O)c1ccsc1C(=O)O. The minimum Gasteiger partial charge on any atom is -0.477 e. The zero-order chi connectivity index (χ0) is 13.3. The second-order valence-electron chi connectivity index (χ2n) is 4.22. The second kappa shape index (κ2) is 4.73. The standard InChI is InChI=1S/C9H13NO5S2/c1-9(2,3)15-10-17(13,14)6-4-5-16-7(6)8(11)12/h4-5,10H,1-3H3,(H,11,12). The Kier molecular flexibility index (Phi) is 3.92. The van der Waals surface area contributed by atoms with Gasteiger partial charge in [0.25, 0.3) is 10.0 Å². The summed E-state index contributed by atoms with van der Waals surface area (Å²) in [6.07, 6.45) is 0. The molecule has 96 valence electrons. The van der Waals surface area contributed by atoms with Gasteiger partial charge in [-0.05, 0) is 32.2 Å². The fraction of sp³-hybridized carbons (Fsp3) is 0.444. The third-order valence-electron chi connectivity index (χ3n) is 1.57. The maximum Gasteiger partial charge on any atom is 0.347 e. The number of carboxylic acids is 1. The highest BCUT2D eigenvalue weighted by Gasteiger charge is 2.25. The molecule has 0 fully saturated rings. The smallest absolute Gasteiger partial charge is 0.347 e. The average molecular weight is 279 g/mol. The summed E-state index contributed by atoms with van der Waals surface area (Å²) in [7, 11) is -3.97. The van der Waals surface area contributed by atoms with Crippen LogP contribution in [-0.2, 0) is 14.9 Å². The summed E-state index contributed by atoms with van der Waals surface area (Å²) in [6, 6.07) is 1.22. The van der Waals surface area contributed by atoms with Crippen LogP contribution in [0.1, 0.15) is 30.4 Å². The minimum absolute atomic E-state index is 0.241. The Morgan fingerprint density at radius 2 is 2.06 bits per heavy atom. The van der Waals surface area contributed by atoms with Crippen molar-refractivity contribution in [3.05, 3.63) is 16.3 Å². The normalized spacial score (nSPS) is 12.6. The highest BCUT2D eigenvalue weighted by atomic mass is 32.2. The first-order valence-corrected chi connectivity index (χ1v) is 7.00. The molecular formula is C9H13NO5S2. The Morgan fingerprint density at radius 1 is 1.47 bits per heavy atom. The van der Waals surface area contributed by atoms with Crippen LogP contribution >= 0.6 is 11.3 Å². The summed E-state index contributed by atoms with van der Waals surface area (Å²) in [6.45, 7) is 5.00. The van der Waals surface area contributed by atoms with E-state index in [1.54, 1.807) is 20.8 Å². The third-order valence-corrected chi connectivity index (χ3v) is 3.82. The number of hydrogen-bond acceptors (Lipinski definition) is 5. The molecule has 0 spiro atoms. The number of rotatable bonds is 4. The Hall–Kier alpha value is -0.960. The number of hydrogen-bond donors (Lipinski definition) is 2. The molecule has 1 rings (SSSR count). The van der Waals surface area contributed by atoms with Crippen molar-refractivity contribution < 1.29 is 23.2 Å². The number of aromatic carboxylic acids is 1. The Morgan fingerprint density at radius 3 is 2.53 bits per heavy atom. The van der Waals surface area contributed by atoms with E-state index in [1.165, 1.54) is 11.4 Å². The fourth-order valence-electron chi connectivity index (χ4n) is 0.890. The van der Waals surface area contributed by atoms with Gasteiger partial charge in [0.15, 0.2) is 0 Å². The Labute approximate surface area is 103 Å². The van der Waals surface area contributed by atoms with Crippen molar-refractivity contribution in [3.63, 3.8) is 0 Å². The van der Waals surface area contributed by atoms with E-state index in [1.807, 2.05) is 4.89 Å². The summed E-state index contributed by atoms with van der Waals surface area (Å²) in [5, 5.41) is 10.2. The maximum atomic E-state index is 11.8. The first-order chi connectivity index (χ1) is 7.63. The lowest BCUT2D eigenvalue weighted by molar-refractivity contribution is -0.0357. The molecule has 6 nitrogen and oxygen atoms in total. The molecule has 0 unspecified atom stereocenters. The minimum atomic E-state index is -3.97. The number of carboxylic acid groups (broad SMARTS) is 1. The van der Waals surface area contributed by atoms with Gasteiger partial charge < -0.3 is 5.11 Å². The van der Waals surface area contributed by atoms with Crippen LogP contribution in [-0.4, -0.2) is 25.1 Å². The second-order valence-corrected chi connectivity index (χ2v) is 6.75. The van der Waals surface area contributed by atoms with Crippen LogP contribution in [0, 0.1) is 0 Å². The van der Waals surface area contributed by atoms with Crippen molar-refractivity contribution in [2.24, 2.45) is 0 Å². The van der Waals surface area contributed by atoms with Crippen LogP contribution in [0.25, 0.3) is 0 Å². The first-order valence-electron chi connectivity index (χ1n) is 4.64. The summed E-state index contributed by atoms with van der Waals surface area (Å²) in [5.74, 6) is -1.28. The van der Waals surface area contributed by atoms with Crippen molar-refractivity contribution in [2.75, 3.05) is 0 Å². The maximum absolute atomic E-state index is 11.8. The van der Waals surface area contributed by atoms with E-state index >= 15 is 0 Å². The van der Waals surface area contributed by atoms with E-state index in [0.717, 1.165) is 11.3 Å². The molecule has 1 heterocycles. The van der Waals surface area contributed by atoms with Gasteiger partial charge in [-0.1, -0.05) is 4.89 Å². The molecule has 0 bridgehead atoms. The van der Waals surface area contributed by atoms with Crippen LogP contribution in [0.4, 0.5) is 0 Å². The number of sulfonamides is 1. The van der Waals surface area contributed by atoms with Gasteiger partial charge in [-0.2, -0.15) is 0 Å². The quantitative estimate of drug-likeness (QED) is 0.814. The average Bonchev–Trinajstić information content (AvgIpc) is 2.62. The van der Waals surface area contributed by atoms with Gasteiger partial charge in [0, 0.05) is 0 Å². The third kappa shape index (κ3) is 3.77. The molecule has 0 aliphatic rings. The van der Waals surface area contributed by atoms with Gasteiger partial charge in [-0.15, -0.1) is 11.3 Å². The zero-order valence-electron chi connectivity index (χ0n) is 9.55. The first kappa shape index (κ1) is 14.1. The van der Waals surface area contributed by atoms with Gasteiger partial charge in [-0.25, -0.2) is 13.2 Å². The van der Waals surface area contributed by atoms with Gasteiger partial charge in [0.1, 0.15) is 9.77 Å². The molecule has 8 heteroatoms. The molecule has 0 aliphatic heterocycles. The lowest BCUT2D eigenvalue weighted by Crippen LogP contribution is -2.33. The summed E-state index contributed by atoms with van der Waals surface area (Å²) >= 11 is 0.844. The van der Waals surface area contributed by atoms with Crippen LogP contribution in [0.5, 0.6) is 0 Å². The molecule has 0 aliphatic carbocycles. The summed E-state index contributed by atoms with van der Waals surface area (Å²) in [5.41, 5.74) is -0.702. The predicted octanol–water partition coefficient (Wildman–Crippen LogP) is 1.45. The molecule has 0 aromatic carbocycles. The Bertz CT molecular complexity index is 512. The number of nitrogens with one attached hydrogen (secondary N) is 1. The van der Waals surface area contributed by atoms with Gasteiger partial charge >= 0.3 is 5.97 Å². The number of thiophene rings is 1. The van der Waals surface area contributed by atoms with Crippen LogP contribution < -0.4 is 4.89 Å². The van der Waals surface area contributed by atoms with Crippen molar-refractivity contribution >= 4 is 27.3 Å². The van der Waals surface area contributed by atoms with Crippen molar-refractivity contribution in [2.45, 2.75) is 31.3 Å². The van der Waals surface area contributed by atoms with Crippen LogP contribution in [0.15, 0.2) is 16.3 Å². The number of carbonyl (C=O) groups is 1. The van der Waals surface area contributed by atoms with E-state index in [2.05, 4.69) is 0 Å². The molecular weight excluding hydrogens is 266 g/mol. The highest BCUT2D eigenvalue weighted by molar-refractivity contribution is 7.89. The van der Waals surface area contributed by atoms with E-state index in [-0.39, 0.29) is 9.77 Å². The molecule has 0 atom stereocenters. The molecule has 2 N–H and O–H groups in total. The molecule has 0 saturated heterocycles. The molecule has 0 saturated carbocycles. The van der Waals surface area contributed by atoms with Crippen molar-refractivity contribution in [1.82, 2.24) is 4.89 Å². The van der Waals surface area contributed by atoms with Gasteiger partial charge in [0.05, 0.1) is 5.60 Å². The summed E-state index contributed by atoms with van der Waals surface area (Å²) < 4.78 is 23.5. The molecule has 1 aromatic rings. The predicted molar refractivity (Wildman–Crippen MR) is 62.4 cm³/mol. The van der Waals surface area contributed by atoms with Crippen LogP contribution in [0.2, 0.25) is 0 Å². The highest BCUT2D eigenvalue weighted by Crippen LogP contribution is 2.22. The molecule has 17 heavy (non-hydrogen) atoms. The van der Waals surface area contributed by atoms with Crippen molar-refractivity contribution in [3.8, 4) is 0 Å². The zero-order valence-corrected chi connectivity index (χ0v) is 11.2. The summed E-state index contributed by atoms with van der Waals surface area (Å²) in [4.78, 5) is 17.1. The largest absolute Gasteiger partial charge is 0.477 e. The van der Waals surface area contributed by atoms with Crippen molar-refractivity contribution in [1.29, 1.82) is 0 Å². The van der Waals surface area contributed by atoms with Crippen LogP contribution in [0.3, 0.4) is 0 Å². The van der Waals surface area contributed by atoms with E-state index in [4.69, 9.17) is 9.94 Å². The molecule has 0 radical (unpaired) electrons. The van der Waals surface area contributed by atoms with Gasteiger partial charge in [0.2, 0.25) is 0 Å². The lowest BCUT2D eigenvalue weighted by atomic mass is 10.2. The van der Waals surface area contributed by atoms with E-state index < -0.39 is 21.6 Å². The molecule has 1 aromatic heterocycles. The van der Waals surface area contributed by atoms with E-state index in [0.29, 0.717) is 0 Å². The topological polar surface area (TPSA) is 92.7 Å². The van der Waals surface area contributed by atoms with Gasteiger partial charge in [-0.3, -0.25) is 4.84 Å². The monoisotopic (exact) mass is 279 g/mol. The Balaban J connectivity index is 2.98. The molecule has 0 amide bonds. The fourth-order valence-corrected chi connectivity index (χ4v) is 3.10.